The fourth-order valence-electron chi connectivity index (χ4n) is 2.42. The summed E-state index contributed by atoms with van der Waals surface area (Å²) < 4.78 is 5.15. The maximum atomic E-state index is 12.5. The minimum absolute atomic E-state index is 0.0169. The SMILES string of the molecule is NC(=O)C(CCC=O)N1C(=O)c2cccc(OCC=O)c2C1=O. The van der Waals surface area contributed by atoms with Gasteiger partial charge >= 0.3 is 0 Å². The van der Waals surface area contributed by atoms with E-state index >= 15 is 0 Å². The zero-order valence-corrected chi connectivity index (χ0v) is 12.1. The van der Waals surface area contributed by atoms with Gasteiger partial charge in [0.1, 0.15) is 24.7 Å². The quantitative estimate of drug-likeness (QED) is 0.518. The van der Waals surface area contributed by atoms with Crippen molar-refractivity contribution in [3.05, 3.63) is 29.3 Å². The predicted molar refractivity (Wildman–Crippen MR) is 76.8 cm³/mol. The molecule has 1 heterocycles. The number of primary amides is 1. The lowest BCUT2D eigenvalue weighted by Crippen LogP contribution is -2.47. The van der Waals surface area contributed by atoms with Crippen LogP contribution in [-0.4, -0.2) is 47.8 Å². The Morgan fingerprint density at radius 1 is 1.22 bits per heavy atom. The molecule has 0 fully saturated rings. The topological polar surface area (TPSA) is 124 Å². The first-order chi connectivity index (χ1) is 11.0. The molecule has 1 aliphatic heterocycles. The molecule has 0 aromatic heterocycles. The molecule has 2 N–H and O–H groups in total. The number of carbonyl (C=O) groups is 5. The fourth-order valence-corrected chi connectivity index (χ4v) is 2.42. The number of imide groups is 1. The van der Waals surface area contributed by atoms with Gasteiger partial charge in [-0.05, 0) is 18.6 Å². The number of fused-ring (bicyclic) bond motifs is 1. The Bertz CT molecular complexity index is 685. The first-order valence-corrected chi connectivity index (χ1v) is 6.83. The van der Waals surface area contributed by atoms with Crippen molar-refractivity contribution in [2.45, 2.75) is 18.9 Å². The second-order valence-corrected chi connectivity index (χ2v) is 4.80. The summed E-state index contributed by atoms with van der Waals surface area (Å²) in [5, 5.41) is 0. The van der Waals surface area contributed by atoms with Crippen molar-refractivity contribution in [2.75, 3.05) is 6.61 Å². The smallest absolute Gasteiger partial charge is 0.266 e. The van der Waals surface area contributed by atoms with Crippen LogP contribution in [0.15, 0.2) is 18.2 Å². The number of nitrogens with zero attached hydrogens (tertiary/aromatic N) is 1. The van der Waals surface area contributed by atoms with E-state index in [2.05, 4.69) is 0 Å². The summed E-state index contributed by atoms with van der Waals surface area (Å²) in [6, 6.07) is 3.15. The molecule has 1 aromatic rings. The number of amides is 3. The van der Waals surface area contributed by atoms with Gasteiger partial charge in [0.05, 0.1) is 11.1 Å². The summed E-state index contributed by atoms with van der Waals surface area (Å²) >= 11 is 0. The van der Waals surface area contributed by atoms with Gasteiger partial charge in [0.15, 0.2) is 6.29 Å². The average Bonchev–Trinajstić information content (AvgIpc) is 2.78. The standard InChI is InChI=1S/C15H14N2O6/c16-13(20)10(4-2-6-18)17-14(21)9-3-1-5-11(23-8-7-19)12(9)15(17)22/h1,3,5-7,10H,2,4,8H2,(H2,16,20). The highest BCUT2D eigenvalue weighted by atomic mass is 16.5. The van der Waals surface area contributed by atoms with Crippen LogP contribution in [0.5, 0.6) is 5.75 Å². The normalized spacial score (nSPS) is 14.3. The van der Waals surface area contributed by atoms with E-state index in [1.54, 1.807) is 0 Å². The first-order valence-electron chi connectivity index (χ1n) is 6.83. The van der Waals surface area contributed by atoms with E-state index < -0.39 is 23.8 Å². The minimum Gasteiger partial charge on any atom is -0.485 e. The van der Waals surface area contributed by atoms with E-state index in [-0.39, 0.29) is 36.3 Å². The first kappa shape index (κ1) is 16.3. The number of hydrogen-bond acceptors (Lipinski definition) is 6. The van der Waals surface area contributed by atoms with Gasteiger partial charge in [0, 0.05) is 6.42 Å². The highest BCUT2D eigenvalue weighted by molar-refractivity contribution is 6.24. The van der Waals surface area contributed by atoms with Crippen LogP contribution in [0.1, 0.15) is 33.6 Å². The molecule has 8 nitrogen and oxygen atoms in total. The molecule has 23 heavy (non-hydrogen) atoms. The summed E-state index contributed by atoms with van der Waals surface area (Å²) in [4.78, 5) is 58.2. The van der Waals surface area contributed by atoms with E-state index in [0.717, 1.165) is 4.90 Å². The zero-order valence-electron chi connectivity index (χ0n) is 12.1. The molecule has 1 atom stereocenters. The fraction of sp³-hybridized carbons (Fsp3) is 0.267. The molecule has 1 unspecified atom stereocenters. The maximum absolute atomic E-state index is 12.5. The molecule has 0 bridgehead atoms. The van der Waals surface area contributed by atoms with E-state index in [9.17, 15) is 24.0 Å². The monoisotopic (exact) mass is 318 g/mol. The molecule has 1 aliphatic rings. The van der Waals surface area contributed by atoms with Crippen LogP contribution in [0.4, 0.5) is 0 Å². The van der Waals surface area contributed by atoms with E-state index in [1.807, 2.05) is 0 Å². The lowest BCUT2D eigenvalue weighted by atomic mass is 10.1. The third-order valence-electron chi connectivity index (χ3n) is 3.41. The highest BCUT2D eigenvalue weighted by Gasteiger charge is 2.43. The summed E-state index contributed by atoms with van der Waals surface area (Å²) in [6.07, 6.45) is 1.02. The van der Waals surface area contributed by atoms with Crippen molar-refractivity contribution in [3.8, 4) is 5.75 Å². The molecule has 1 aromatic carbocycles. The number of nitrogens with two attached hydrogens (primary N) is 1. The Morgan fingerprint density at radius 3 is 2.57 bits per heavy atom. The van der Waals surface area contributed by atoms with Crippen molar-refractivity contribution < 1.29 is 28.7 Å². The van der Waals surface area contributed by atoms with Gasteiger partial charge in [-0.1, -0.05) is 6.07 Å². The molecule has 2 rings (SSSR count). The van der Waals surface area contributed by atoms with Crippen molar-refractivity contribution in [1.82, 2.24) is 4.90 Å². The molecule has 0 saturated heterocycles. The Morgan fingerprint density at radius 2 is 1.96 bits per heavy atom. The lowest BCUT2D eigenvalue weighted by molar-refractivity contribution is -0.122. The number of rotatable bonds is 8. The van der Waals surface area contributed by atoms with Crippen molar-refractivity contribution >= 4 is 30.3 Å². The largest absolute Gasteiger partial charge is 0.485 e. The molecule has 0 radical (unpaired) electrons. The van der Waals surface area contributed by atoms with Crippen LogP contribution in [0.25, 0.3) is 0 Å². The Hall–Kier alpha value is -3.03. The zero-order chi connectivity index (χ0) is 17.0. The summed E-state index contributed by atoms with van der Waals surface area (Å²) in [5.41, 5.74) is 5.30. The summed E-state index contributed by atoms with van der Waals surface area (Å²) in [5.74, 6) is -2.22. The highest BCUT2D eigenvalue weighted by Crippen LogP contribution is 2.32. The second kappa shape index (κ2) is 6.82. The Kier molecular flexibility index (Phi) is 4.85. The average molecular weight is 318 g/mol. The van der Waals surface area contributed by atoms with Crippen LogP contribution in [0.3, 0.4) is 0 Å². The van der Waals surface area contributed by atoms with Crippen molar-refractivity contribution in [2.24, 2.45) is 5.73 Å². The second-order valence-electron chi connectivity index (χ2n) is 4.80. The molecule has 0 spiro atoms. The number of ether oxygens (including phenoxy) is 1. The van der Waals surface area contributed by atoms with Crippen LogP contribution in [0, 0.1) is 0 Å². The molecular weight excluding hydrogens is 304 g/mol. The number of aldehydes is 2. The number of benzene rings is 1. The molecule has 3 amide bonds. The van der Waals surface area contributed by atoms with E-state index in [1.165, 1.54) is 18.2 Å². The van der Waals surface area contributed by atoms with Gasteiger partial charge in [-0.3, -0.25) is 24.1 Å². The molecule has 120 valence electrons. The van der Waals surface area contributed by atoms with Gasteiger partial charge in [-0.15, -0.1) is 0 Å². The van der Waals surface area contributed by atoms with Gasteiger partial charge in [-0.2, -0.15) is 0 Å². The lowest BCUT2D eigenvalue weighted by Gasteiger charge is -2.22. The minimum atomic E-state index is -1.22. The summed E-state index contributed by atoms with van der Waals surface area (Å²) in [6.45, 7) is -0.275. The van der Waals surface area contributed by atoms with Crippen LogP contribution >= 0.6 is 0 Å². The van der Waals surface area contributed by atoms with Gasteiger partial charge in [0.2, 0.25) is 5.91 Å². The Labute approximate surface area is 131 Å². The van der Waals surface area contributed by atoms with Crippen LogP contribution in [0.2, 0.25) is 0 Å². The molecule has 0 saturated carbocycles. The molecular formula is C15H14N2O6. The van der Waals surface area contributed by atoms with Gasteiger partial charge < -0.3 is 15.3 Å². The van der Waals surface area contributed by atoms with Crippen molar-refractivity contribution in [1.29, 1.82) is 0 Å². The third-order valence-corrected chi connectivity index (χ3v) is 3.41. The van der Waals surface area contributed by atoms with Gasteiger partial charge in [-0.25, -0.2) is 0 Å². The van der Waals surface area contributed by atoms with Crippen molar-refractivity contribution in [3.63, 3.8) is 0 Å². The van der Waals surface area contributed by atoms with Crippen LogP contribution in [-0.2, 0) is 14.4 Å². The summed E-state index contributed by atoms with van der Waals surface area (Å²) in [7, 11) is 0. The maximum Gasteiger partial charge on any atom is 0.266 e. The number of carbonyl (C=O) groups excluding carboxylic acids is 5. The van der Waals surface area contributed by atoms with E-state index in [0.29, 0.717) is 12.6 Å². The number of hydrogen-bond donors (Lipinski definition) is 1. The van der Waals surface area contributed by atoms with Gasteiger partial charge in [0.25, 0.3) is 11.8 Å². The van der Waals surface area contributed by atoms with Crippen LogP contribution < -0.4 is 10.5 Å². The Balaban J connectivity index is 2.41. The molecule has 8 heteroatoms. The van der Waals surface area contributed by atoms with E-state index in [4.69, 9.17) is 10.5 Å². The molecule has 0 aliphatic carbocycles. The predicted octanol–water partition coefficient (Wildman–Crippen LogP) is -0.307. The third kappa shape index (κ3) is 2.96.